The molecule has 0 amide bonds. The summed E-state index contributed by atoms with van der Waals surface area (Å²) < 4.78 is 4.04. The molecule has 0 aliphatic heterocycles. The Bertz CT molecular complexity index is 1130. The van der Waals surface area contributed by atoms with Crippen LogP contribution in [0, 0.1) is 0 Å². The number of aryl methyl sites for hydroxylation is 1. The van der Waals surface area contributed by atoms with Crippen LogP contribution in [0.3, 0.4) is 0 Å². The van der Waals surface area contributed by atoms with Crippen molar-refractivity contribution in [1.82, 2.24) is 30.0 Å². The molecule has 4 rings (SSSR count). The zero-order chi connectivity index (χ0) is 20.8. The Labute approximate surface area is 199 Å². The molecule has 0 saturated heterocycles. The van der Waals surface area contributed by atoms with Crippen molar-refractivity contribution in [1.29, 1.82) is 0 Å². The molecule has 162 valence electrons. The molecule has 0 fully saturated rings. The number of nitrogens with zero attached hydrogens (tertiary/aromatic N) is 5. The lowest BCUT2D eigenvalue weighted by Gasteiger charge is -2.12. The molecule has 0 bridgehead atoms. The van der Waals surface area contributed by atoms with Gasteiger partial charge < -0.3 is 15.2 Å². The predicted molar refractivity (Wildman–Crippen MR) is 136 cm³/mol. The number of nitrogens with one attached hydrogen (secondary N) is 2. The van der Waals surface area contributed by atoms with Gasteiger partial charge in [0.15, 0.2) is 5.96 Å². The van der Waals surface area contributed by atoms with Gasteiger partial charge in [0.05, 0.1) is 30.7 Å². The molecule has 2 aromatic carbocycles. The molecule has 4 aromatic rings. The molecule has 2 heterocycles. The Morgan fingerprint density at radius 3 is 2.52 bits per heavy atom. The third-order valence-electron chi connectivity index (χ3n) is 5.06. The van der Waals surface area contributed by atoms with E-state index in [0.717, 1.165) is 35.9 Å². The summed E-state index contributed by atoms with van der Waals surface area (Å²) in [6.45, 7) is 4.80. The van der Waals surface area contributed by atoms with Gasteiger partial charge in [-0.3, -0.25) is 4.68 Å². The highest BCUT2D eigenvalue weighted by Crippen LogP contribution is 2.14. The Morgan fingerprint density at radius 1 is 1.00 bits per heavy atom. The first-order valence-electron chi connectivity index (χ1n) is 10.2. The van der Waals surface area contributed by atoms with Gasteiger partial charge >= 0.3 is 0 Å². The quantitative estimate of drug-likeness (QED) is 0.218. The summed E-state index contributed by atoms with van der Waals surface area (Å²) in [5.74, 6) is 1.75. The van der Waals surface area contributed by atoms with Gasteiger partial charge in [0.2, 0.25) is 0 Å². The van der Waals surface area contributed by atoms with Gasteiger partial charge in [-0.15, -0.1) is 24.0 Å². The fraction of sp³-hybridized carbons (Fsp3) is 0.261. The highest BCUT2D eigenvalue weighted by Gasteiger charge is 2.08. The van der Waals surface area contributed by atoms with Gasteiger partial charge in [-0.25, -0.2) is 9.98 Å². The largest absolute Gasteiger partial charge is 0.357 e. The van der Waals surface area contributed by atoms with Crippen molar-refractivity contribution in [3.8, 4) is 0 Å². The van der Waals surface area contributed by atoms with Crippen molar-refractivity contribution in [3.63, 3.8) is 0 Å². The molecule has 8 heteroatoms. The minimum atomic E-state index is 0. The van der Waals surface area contributed by atoms with Crippen LogP contribution in [-0.4, -0.2) is 31.8 Å². The third kappa shape index (κ3) is 5.63. The molecule has 0 radical (unpaired) electrons. The zero-order valence-corrected chi connectivity index (χ0v) is 20.2. The average Bonchev–Trinajstić information content (AvgIpc) is 3.39. The average molecular weight is 529 g/mol. The summed E-state index contributed by atoms with van der Waals surface area (Å²) in [7, 11) is 2.04. The van der Waals surface area contributed by atoms with E-state index in [0.29, 0.717) is 13.1 Å². The van der Waals surface area contributed by atoms with E-state index in [9.17, 15) is 0 Å². The lowest BCUT2D eigenvalue weighted by Crippen LogP contribution is -2.37. The van der Waals surface area contributed by atoms with E-state index in [1.54, 1.807) is 6.20 Å². The number of fused-ring (bicyclic) bond motifs is 1. The first-order valence-corrected chi connectivity index (χ1v) is 10.2. The van der Waals surface area contributed by atoms with Gasteiger partial charge in [-0.1, -0.05) is 36.4 Å². The number of aromatic nitrogens is 4. The Morgan fingerprint density at radius 2 is 1.77 bits per heavy atom. The van der Waals surface area contributed by atoms with E-state index in [-0.39, 0.29) is 24.0 Å². The number of hydrogen-bond donors (Lipinski definition) is 2. The van der Waals surface area contributed by atoms with Crippen LogP contribution in [0.15, 0.2) is 72.0 Å². The number of guanidine groups is 1. The van der Waals surface area contributed by atoms with E-state index in [1.807, 2.05) is 42.2 Å². The summed E-state index contributed by atoms with van der Waals surface area (Å²) in [6, 6.07) is 18.5. The molecule has 2 N–H and O–H groups in total. The van der Waals surface area contributed by atoms with E-state index in [4.69, 9.17) is 9.98 Å². The second-order valence-electron chi connectivity index (χ2n) is 7.10. The second kappa shape index (κ2) is 10.9. The first kappa shape index (κ1) is 22.8. The number of halogens is 1. The van der Waals surface area contributed by atoms with Crippen molar-refractivity contribution in [2.75, 3.05) is 6.54 Å². The van der Waals surface area contributed by atoms with Crippen LogP contribution in [0.1, 0.15) is 23.9 Å². The van der Waals surface area contributed by atoms with Crippen molar-refractivity contribution in [2.24, 2.45) is 12.0 Å². The number of aliphatic imine (C=N–C) groups is 1. The van der Waals surface area contributed by atoms with E-state index < -0.39 is 0 Å². The standard InChI is InChI=1S/C23H27N7.HI/c1-3-24-23(26-16-22-28-20-11-6-7-12-21(20)29(22)2)25-15-18-9-4-5-10-19(18)17-30-14-8-13-27-30;/h4-14H,3,15-17H2,1-2H3,(H2,24,25,26);1H. The Balaban J connectivity index is 0.00000272. The van der Waals surface area contributed by atoms with Crippen molar-refractivity contribution in [2.45, 2.75) is 26.6 Å². The number of hydrogen-bond acceptors (Lipinski definition) is 3. The lowest BCUT2D eigenvalue weighted by molar-refractivity contribution is 0.680. The maximum absolute atomic E-state index is 4.80. The minimum absolute atomic E-state index is 0. The topological polar surface area (TPSA) is 72.1 Å². The Hall–Kier alpha value is -2.88. The second-order valence-corrected chi connectivity index (χ2v) is 7.10. The molecule has 0 aliphatic rings. The van der Waals surface area contributed by atoms with E-state index in [2.05, 4.69) is 57.6 Å². The molecular formula is C23H28IN7. The van der Waals surface area contributed by atoms with Crippen molar-refractivity contribution >= 4 is 41.0 Å². The molecule has 0 atom stereocenters. The molecule has 0 saturated carbocycles. The third-order valence-corrected chi connectivity index (χ3v) is 5.06. The van der Waals surface area contributed by atoms with Crippen molar-refractivity contribution in [3.05, 3.63) is 83.9 Å². The van der Waals surface area contributed by atoms with Crippen LogP contribution < -0.4 is 10.6 Å². The molecule has 0 unspecified atom stereocenters. The summed E-state index contributed by atoms with van der Waals surface area (Å²) in [5.41, 5.74) is 4.54. The fourth-order valence-electron chi connectivity index (χ4n) is 3.46. The van der Waals surface area contributed by atoms with Crippen LogP contribution in [0.2, 0.25) is 0 Å². The Kier molecular flexibility index (Phi) is 8.05. The van der Waals surface area contributed by atoms with Gasteiger partial charge in [0, 0.05) is 26.0 Å². The van der Waals surface area contributed by atoms with E-state index in [1.165, 1.54) is 11.1 Å². The van der Waals surface area contributed by atoms with E-state index >= 15 is 0 Å². The SMILES string of the molecule is CCNC(=NCc1ccccc1Cn1cccn1)NCc1nc2ccccc2n1C.I. The molecule has 2 aromatic heterocycles. The van der Waals surface area contributed by atoms with Crippen molar-refractivity contribution < 1.29 is 0 Å². The molecule has 0 spiro atoms. The lowest BCUT2D eigenvalue weighted by atomic mass is 10.1. The number of benzene rings is 2. The first-order chi connectivity index (χ1) is 14.7. The van der Waals surface area contributed by atoms with Gasteiger partial charge in [-0.05, 0) is 36.2 Å². The van der Waals surface area contributed by atoms with Gasteiger partial charge in [-0.2, -0.15) is 5.10 Å². The maximum Gasteiger partial charge on any atom is 0.191 e. The molecule has 31 heavy (non-hydrogen) atoms. The highest BCUT2D eigenvalue weighted by molar-refractivity contribution is 14.0. The molecule has 7 nitrogen and oxygen atoms in total. The van der Waals surface area contributed by atoms with Crippen LogP contribution in [-0.2, 0) is 26.7 Å². The van der Waals surface area contributed by atoms with Crippen LogP contribution in [0.4, 0.5) is 0 Å². The summed E-state index contributed by atoms with van der Waals surface area (Å²) in [4.78, 5) is 9.53. The normalized spacial score (nSPS) is 11.4. The van der Waals surface area contributed by atoms with Crippen LogP contribution >= 0.6 is 24.0 Å². The number of imidazole rings is 1. The van der Waals surface area contributed by atoms with Gasteiger partial charge in [0.25, 0.3) is 0 Å². The molecular weight excluding hydrogens is 501 g/mol. The summed E-state index contributed by atoms with van der Waals surface area (Å²) >= 11 is 0. The van der Waals surface area contributed by atoms with Crippen LogP contribution in [0.5, 0.6) is 0 Å². The summed E-state index contributed by atoms with van der Waals surface area (Å²) in [6.07, 6.45) is 3.78. The fourth-order valence-corrected chi connectivity index (χ4v) is 3.46. The van der Waals surface area contributed by atoms with Crippen LogP contribution in [0.25, 0.3) is 11.0 Å². The minimum Gasteiger partial charge on any atom is -0.357 e. The number of rotatable bonds is 7. The molecule has 0 aliphatic carbocycles. The predicted octanol–water partition coefficient (Wildman–Crippen LogP) is 3.69. The number of para-hydroxylation sites is 2. The van der Waals surface area contributed by atoms with Gasteiger partial charge in [0.1, 0.15) is 5.82 Å². The summed E-state index contributed by atoms with van der Waals surface area (Å²) in [5, 5.41) is 11.1. The smallest absolute Gasteiger partial charge is 0.191 e. The highest BCUT2D eigenvalue weighted by atomic mass is 127. The maximum atomic E-state index is 4.80. The monoisotopic (exact) mass is 529 g/mol. The zero-order valence-electron chi connectivity index (χ0n) is 17.8.